The topological polar surface area (TPSA) is 72.6 Å². The highest BCUT2D eigenvalue weighted by molar-refractivity contribution is 5.48. The molecule has 0 aromatic heterocycles. The Hall–Kier alpha value is -1.88. The Morgan fingerprint density at radius 3 is 2.81 bits per heavy atom. The fourth-order valence-electron chi connectivity index (χ4n) is 1.13. The first-order valence-corrected chi connectivity index (χ1v) is 4.70. The van der Waals surface area contributed by atoms with Crippen molar-refractivity contribution in [2.24, 2.45) is 0 Å². The molecule has 0 aliphatic rings. The summed E-state index contributed by atoms with van der Waals surface area (Å²) in [5.74, 6) is 0.185. The number of hydrogen-bond donors (Lipinski definition) is 1. The van der Waals surface area contributed by atoms with E-state index < -0.39 is 4.92 Å². The molecule has 0 heterocycles. The van der Waals surface area contributed by atoms with Crippen molar-refractivity contribution in [2.45, 2.75) is 13.5 Å². The molecule has 0 saturated heterocycles. The summed E-state index contributed by atoms with van der Waals surface area (Å²) in [5, 5.41) is 19.6. The Morgan fingerprint density at radius 2 is 2.31 bits per heavy atom. The summed E-state index contributed by atoms with van der Waals surface area (Å²) in [6.45, 7) is 5.42. The van der Waals surface area contributed by atoms with Crippen LogP contribution in [-0.4, -0.2) is 16.6 Å². The highest BCUT2D eigenvalue weighted by Gasteiger charge is 2.15. The van der Waals surface area contributed by atoms with Crippen LogP contribution in [0.25, 0.3) is 0 Å². The maximum atomic E-state index is 10.8. The number of aliphatic hydroxyl groups is 1. The molecular formula is C11H13NO4. The molecule has 0 fully saturated rings. The molecule has 86 valence electrons. The molecule has 16 heavy (non-hydrogen) atoms. The largest absolute Gasteiger partial charge is 0.482 e. The molecule has 0 aliphatic heterocycles. The van der Waals surface area contributed by atoms with Gasteiger partial charge in [0.25, 0.3) is 0 Å². The molecular weight excluding hydrogens is 210 g/mol. The zero-order valence-corrected chi connectivity index (χ0v) is 8.97. The number of benzene rings is 1. The Bertz CT molecular complexity index is 414. The molecule has 1 aromatic rings. The summed E-state index contributed by atoms with van der Waals surface area (Å²) in [6, 6.07) is 4.36. The average Bonchev–Trinajstić information content (AvgIpc) is 2.25. The molecule has 0 unspecified atom stereocenters. The number of nitrogens with zero attached hydrogens (tertiary/aromatic N) is 1. The Morgan fingerprint density at radius 1 is 1.62 bits per heavy atom. The van der Waals surface area contributed by atoms with Crippen molar-refractivity contribution >= 4 is 5.69 Å². The van der Waals surface area contributed by atoms with Crippen LogP contribution in [-0.2, 0) is 6.61 Å². The lowest BCUT2D eigenvalue weighted by Crippen LogP contribution is -2.01. The van der Waals surface area contributed by atoms with Gasteiger partial charge in [-0.25, -0.2) is 0 Å². The lowest BCUT2D eigenvalue weighted by atomic mass is 10.2. The lowest BCUT2D eigenvalue weighted by molar-refractivity contribution is -0.385. The Kier molecular flexibility index (Phi) is 4.02. The number of aliphatic hydroxyl groups excluding tert-OH is 1. The van der Waals surface area contributed by atoms with E-state index in [0.29, 0.717) is 5.56 Å². The van der Waals surface area contributed by atoms with Crippen molar-refractivity contribution in [3.63, 3.8) is 0 Å². The molecule has 5 heteroatoms. The van der Waals surface area contributed by atoms with Crippen molar-refractivity contribution in [1.29, 1.82) is 0 Å². The molecule has 1 rings (SSSR count). The third-order valence-corrected chi connectivity index (χ3v) is 1.88. The molecule has 0 radical (unpaired) electrons. The van der Waals surface area contributed by atoms with E-state index in [0.717, 1.165) is 5.57 Å². The number of nitro benzene ring substituents is 1. The second kappa shape index (κ2) is 5.27. The van der Waals surface area contributed by atoms with Gasteiger partial charge in [-0.05, 0) is 24.1 Å². The molecule has 0 atom stereocenters. The first-order chi connectivity index (χ1) is 7.54. The zero-order chi connectivity index (χ0) is 12.1. The van der Waals surface area contributed by atoms with E-state index in [2.05, 4.69) is 6.58 Å². The van der Waals surface area contributed by atoms with Gasteiger partial charge < -0.3 is 9.84 Å². The van der Waals surface area contributed by atoms with Gasteiger partial charge in [-0.3, -0.25) is 10.1 Å². The minimum absolute atomic E-state index is 0.146. The van der Waals surface area contributed by atoms with Gasteiger partial charge in [0.1, 0.15) is 6.61 Å². The summed E-state index contributed by atoms with van der Waals surface area (Å²) in [7, 11) is 0. The van der Waals surface area contributed by atoms with Gasteiger partial charge in [-0.2, -0.15) is 0 Å². The fraction of sp³-hybridized carbons (Fsp3) is 0.273. The molecule has 0 saturated carbocycles. The van der Waals surface area contributed by atoms with Crippen LogP contribution in [0.3, 0.4) is 0 Å². The highest BCUT2D eigenvalue weighted by Crippen LogP contribution is 2.28. The number of rotatable bonds is 5. The Labute approximate surface area is 93.1 Å². The molecule has 1 N–H and O–H groups in total. The van der Waals surface area contributed by atoms with Crippen LogP contribution in [0.15, 0.2) is 30.4 Å². The summed E-state index contributed by atoms with van der Waals surface area (Å²) >= 11 is 0. The molecule has 0 amide bonds. The molecule has 0 aliphatic carbocycles. The van der Waals surface area contributed by atoms with Gasteiger partial charge in [0.05, 0.1) is 11.5 Å². The predicted molar refractivity (Wildman–Crippen MR) is 59.3 cm³/mol. The first-order valence-electron chi connectivity index (χ1n) is 4.70. The molecule has 1 aromatic carbocycles. The highest BCUT2D eigenvalue weighted by atomic mass is 16.6. The second-order valence-electron chi connectivity index (χ2n) is 3.46. The SMILES string of the molecule is C=C(C)COc1ccc(CO)cc1[N+](=O)[O-]. The number of nitro groups is 1. The number of hydrogen-bond acceptors (Lipinski definition) is 4. The van der Waals surface area contributed by atoms with E-state index in [1.807, 2.05) is 0 Å². The third-order valence-electron chi connectivity index (χ3n) is 1.88. The van der Waals surface area contributed by atoms with Crippen LogP contribution in [0.1, 0.15) is 12.5 Å². The van der Waals surface area contributed by atoms with Gasteiger partial charge in [-0.1, -0.05) is 12.6 Å². The van der Waals surface area contributed by atoms with Crippen molar-refractivity contribution in [3.8, 4) is 5.75 Å². The monoisotopic (exact) mass is 223 g/mol. The van der Waals surface area contributed by atoms with Crippen molar-refractivity contribution in [3.05, 3.63) is 46.0 Å². The van der Waals surface area contributed by atoms with Gasteiger partial charge in [-0.15, -0.1) is 0 Å². The van der Waals surface area contributed by atoms with Crippen LogP contribution in [0.5, 0.6) is 5.75 Å². The van der Waals surface area contributed by atoms with E-state index in [9.17, 15) is 10.1 Å². The summed E-state index contributed by atoms with van der Waals surface area (Å²) < 4.78 is 5.24. The quantitative estimate of drug-likeness (QED) is 0.471. The summed E-state index contributed by atoms with van der Waals surface area (Å²) in [4.78, 5) is 10.2. The molecule has 5 nitrogen and oxygen atoms in total. The van der Waals surface area contributed by atoms with E-state index in [1.54, 1.807) is 13.0 Å². The maximum absolute atomic E-state index is 10.8. The predicted octanol–water partition coefficient (Wildman–Crippen LogP) is 2.04. The van der Waals surface area contributed by atoms with Gasteiger partial charge >= 0.3 is 5.69 Å². The van der Waals surface area contributed by atoms with Crippen molar-refractivity contribution in [2.75, 3.05) is 6.61 Å². The maximum Gasteiger partial charge on any atom is 0.311 e. The average molecular weight is 223 g/mol. The van der Waals surface area contributed by atoms with Crippen LogP contribution in [0.2, 0.25) is 0 Å². The number of ether oxygens (including phenoxy) is 1. The minimum Gasteiger partial charge on any atom is -0.482 e. The normalized spacial score (nSPS) is 9.88. The second-order valence-corrected chi connectivity index (χ2v) is 3.46. The van der Waals surface area contributed by atoms with Gasteiger partial charge in [0.2, 0.25) is 0 Å². The molecule has 0 bridgehead atoms. The van der Waals surface area contributed by atoms with Crippen LogP contribution in [0.4, 0.5) is 5.69 Å². The van der Waals surface area contributed by atoms with Gasteiger partial charge in [0.15, 0.2) is 5.75 Å². The van der Waals surface area contributed by atoms with E-state index in [4.69, 9.17) is 9.84 Å². The van der Waals surface area contributed by atoms with Crippen LogP contribution >= 0.6 is 0 Å². The summed E-state index contributed by atoms with van der Waals surface area (Å²) in [5.41, 5.74) is 1.11. The Balaban J connectivity index is 2.98. The van der Waals surface area contributed by atoms with Crippen molar-refractivity contribution in [1.82, 2.24) is 0 Å². The van der Waals surface area contributed by atoms with Crippen LogP contribution in [0, 0.1) is 10.1 Å². The zero-order valence-electron chi connectivity index (χ0n) is 8.97. The smallest absolute Gasteiger partial charge is 0.311 e. The van der Waals surface area contributed by atoms with Crippen molar-refractivity contribution < 1.29 is 14.8 Å². The minimum atomic E-state index is -0.535. The summed E-state index contributed by atoms with van der Waals surface area (Å²) in [6.07, 6.45) is 0. The van der Waals surface area contributed by atoms with Crippen LogP contribution < -0.4 is 4.74 Å². The third kappa shape index (κ3) is 3.06. The standard InChI is InChI=1S/C11H13NO4/c1-8(2)7-16-11-4-3-9(6-13)5-10(11)12(14)15/h3-5,13H,1,6-7H2,2H3. The fourth-order valence-corrected chi connectivity index (χ4v) is 1.13. The first kappa shape index (κ1) is 12.2. The molecule has 0 spiro atoms. The van der Waals surface area contributed by atoms with Gasteiger partial charge in [0, 0.05) is 6.07 Å². The van der Waals surface area contributed by atoms with E-state index in [1.165, 1.54) is 12.1 Å². The van der Waals surface area contributed by atoms with E-state index in [-0.39, 0.29) is 24.7 Å². The van der Waals surface area contributed by atoms with E-state index >= 15 is 0 Å². The lowest BCUT2D eigenvalue weighted by Gasteiger charge is -2.07.